The van der Waals surface area contributed by atoms with Gasteiger partial charge in [0, 0.05) is 6.54 Å². The van der Waals surface area contributed by atoms with Crippen LogP contribution in [-0.4, -0.2) is 24.8 Å². The Labute approximate surface area is 91.1 Å². The van der Waals surface area contributed by atoms with Crippen LogP contribution in [0.5, 0.6) is 0 Å². The zero-order valence-electron chi connectivity index (χ0n) is 9.20. The summed E-state index contributed by atoms with van der Waals surface area (Å²) in [6.45, 7) is 5.42. The second-order valence-corrected chi connectivity index (χ2v) is 3.38. The molecule has 0 aliphatic heterocycles. The molecule has 3 nitrogen and oxygen atoms in total. The number of aliphatic hydroxyl groups excluding tert-OH is 1. The SMILES string of the molecule is CCNCCOCc1ccc(CO)cc1. The van der Waals surface area contributed by atoms with Crippen LogP contribution in [0, 0.1) is 0 Å². The Morgan fingerprint density at radius 2 is 1.87 bits per heavy atom. The molecule has 3 heteroatoms. The molecule has 0 unspecified atom stereocenters. The average molecular weight is 209 g/mol. The molecule has 0 fully saturated rings. The maximum absolute atomic E-state index is 8.86. The minimum Gasteiger partial charge on any atom is -0.392 e. The molecule has 0 heterocycles. The van der Waals surface area contributed by atoms with Crippen molar-refractivity contribution >= 4 is 0 Å². The molecule has 2 N–H and O–H groups in total. The predicted molar refractivity (Wildman–Crippen MR) is 60.6 cm³/mol. The molecule has 0 atom stereocenters. The van der Waals surface area contributed by atoms with Crippen LogP contribution in [0.15, 0.2) is 24.3 Å². The lowest BCUT2D eigenvalue weighted by atomic mass is 10.1. The maximum atomic E-state index is 8.86. The summed E-state index contributed by atoms with van der Waals surface area (Å²) in [6, 6.07) is 7.81. The van der Waals surface area contributed by atoms with E-state index in [0.29, 0.717) is 6.61 Å². The van der Waals surface area contributed by atoms with Crippen molar-refractivity contribution in [2.24, 2.45) is 0 Å². The van der Waals surface area contributed by atoms with Gasteiger partial charge in [0.25, 0.3) is 0 Å². The lowest BCUT2D eigenvalue weighted by Gasteiger charge is -2.05. The van der Waals surface area contributed by atoms with Crippen LogP contribution in [0.3, 0.4) is 0 Å². The van der Waals surface area contributed by atoms with Gasteiger partial charge in [-0.15, -0.1) is 0 Å². The number of nitrogens with one attached hydrogen (secondary N) is 1. The third-order valence-corrected chi connectivity index (χ3v) is 2.15. The number of hydrogen-bond donors (Lipinski definition) is 2. The predicted octanol–water partition coefficient (Wildman–Crippen LogP) is 1.30. The van der Waals surface area contributed by atoms with Gasteiger partial charge in [-0.05, 0) is 17.7 Å². The largest absolute Gasteiger partial charge is 0.392 e. The molecule has 0 spiro atoms. The monoisotopic (exact) mass is 209 g/mol. The molecular weight excluding hydrogens is 190 g/mol. The Morgan fingerprint density at radius 1 is 1.20 bits per heavy atom. The summed E-state index contributed by atoms with van der Waals surface area (Å²) in [7, 11) is 0. The Kier molecular flexibility index (Phi) is 6.00. The van der Waals surface area contributed by atoms with Crippen molar-refractivity contribution in [2.75, 3.05) is 19.7 Å². The highest BCUT2D eigenvalue weighted by atomic mass is 16.5. The van der Waals surface area contributed by atoms with E-state index in [1.165, 1.54) is 0 Å². The van der Waals surface area contributed by atoms with Gasteiger partial charge in [0.1, 0.15) is 0 Å². The van der Waals surface area contributed by atoms with Crippen LogP contribution in [0.4, 0.5) is 0 Å². The first-order valence-electron chi connectivity index (χ1n) is 5.34. The Morgan fingerprint density at radius 3 is 2.47 bits per heavy atom. The molecule has 1 aromatic rings. The standard InChI is InChI=1S/C12H19NO2/c1-2-13-7-8-15-10-12-5-3-11(9-14)4-6-12/h3-6,13-14H,2,7-10H2,1H3. The van der Waals surface area contributed by atoms with Crippen molar-refractivity contribution in [3.8, 4) is 0 Å². The quantitative estimate of drug-likeness (QED) is 0.665. The van der Waals surface area contributed by atoms with Crippen LogP contribution in [0.1, 0.15) is 18.1 Å². The first-order chi connectivity index (χ1) is 7.36. The van der Waals surface area contributed by atoms with Crippen molar-refractivity contribution in [3.63, 3.8) is 0 Å². The van der Waals surface area contributed by atoms with E-state index in [1.807, 2.05) is 24.3 Å². The molecule has 0 aliphatic rings. The summed E-state index contributed by atoms with van der Waals surface area (Å²) in [5, 5.41) is 12.1. The molecule has 0 bridgehead atoms. The van der Waals surface area contributed by atoms with E-state index in [2.05, 4.69) is 12.2 Å². The molecular formula is C12H19NO2. The zero-order chi connectivity index (χ0) is 10.9. The fourth-order valence-electron chi connectivity index (χ4n) is 1.25. The van der Waals surface area contributed by atoms with Crippen LogP contribution in [0.25, 0.3) is 0 Å². The number of likely N-dealkylation sites (N-methyl/N-ethyl adjacent to an activating group) is 1. The molecule has 15 heavy (non-hydrogen) atoms. The van der Waals surface area contributed by atoms with Crippen molar-refractivity contribution in [2.45, 2.75) is 20.1 Å². The highest BCUT2D eigenvalue weighted by molar-refractivity contribution is 5.21. The average Bonchev–Trinajstić information content (AvgIpc) is 2.30. The number of hydrogen-bond acceptors (Lipinski definition) is 3. The lowest BCUT2D eigenvalue weighted by Crippen LogP contribution is -2.18. The Bertz CT molecular complexity index is 259. The lowest BCUT2D eigenvalue weighted by molar-refractivity contribution is 0.123. The summed E-state index contributed by atoms with van der Waals surface area (Å²) in [5.74, 6) is 0. The van der Waals surface area contributed by atoms with E-state index < -0.39 is 0 Å². The van der Waals surface area contributed by atoms with Crippen molar-refractivity contribution < 1.29 is 9.84 Å². The number of benzene rings is 1. The van der Waals surface area contributed by atoms with Gasteiger partial charge in [-0.25, -0.2) is 0 Å². The van der Waals surface area contributed by atoms with E-state index in [9.17, 15) is 0 Å². The summed E-state index contributed by atoms with van der Waals surface area (Å²) < 4.78 is 5.47. The summed E-state index contributed by atoms with van der Waals surface area (Å²) in [6.07, 6.45) is 0. The fourth-order valence-corrected chi connectivity index (χ4v) is 1.25. The normalized spacial score (nSPS) is 10.5. The van der Waals surface area contributed by atoms with Gasteiger partial charge in [0.15, 0.2) is 0 Å². The third kappa shape index (κ3) is 4.93. The fraction of sp³-hybridized carbons (Fsp3) is 0.500. The molecule has 0 radical (unpaired) electrons. The second kappa shape index (κ2) is 7.40. The van der Waals surface area contributed by atoms with Crippen molar-refractivity contribution in [3.05, 3.63) is 35.4 Å². The van der Waals surface area contributed by atoms with Crippen LogP contribution in [-0.2, 0) is 18.0 Å². The summed E-state index contributed by atoms with van der Waals surface area (Å²) >= 11 is 0. The Hall–Kier alpha value is -0.900. The van der Waals surface area contributed by atoms with Gasteiger partial charge in [-0.2, -0.15) is 0 Å². The van der Waals surface area contributed by atoms with E-state index in [0.717, 1.165) is 30.8 Å². The van der Waals surface area contributed by atoms with E-state index in [-0.39, 0.29) is 6.61 Å². The molecule has 0 saturated heterocycles. The van der Waals surface area contributed by atoms with E-state index in [4.69, 9.17) is 9.84 Å². The number of rotatable bonds is 7. The van der Waals surface area contributed by atoms with Gasteiger partial charge < -0.3 is 15.2 Å². The smallest absolute Gasteiger partial charge is 0.0717 e. The van der Waals surface area contributed by atoms with Crippen LogP contribution < -0.4 is 5.32 Å². The van der Waals surface area contributed by atoms with Gasteiger partial charge in [0.05, 0.1) is 19.8 Å². The minimum atomic E-state index is 0.0988. The molecule has 84 valence electrons. The van der Waals surface area contributed by atoms with Crippen LogP contribution in [0.2, 0.25) is 0 Å². The van der Waals surface area contributed by atoms with Crippen molar-refractivity contribution in [1.29, 1.82) is 0 Å². The highest BCUT2D eigenvalue weighted by Crippen LogP contribution is 2.05. The number of ether oxygens (including phenoxy) is 1. The van der Waals surface area contributed by atoms with Gasteiger partial charge in [-0.1, -0.05) is 31.2 Å². The highest BCUT2D eigenvalue weighted by Gasteiger charge is 1.94. The van der Waals surface area contributed by atoms with Gasteiger partial charge in [0.2, 0.25) is 0 Å². The van der Waals surface area contributed by atoms with E-state index >= 15 is 0 Å². The second-order valence-electron chi connectivity index (χ2n) is 3.38. The van der Waals surface area contributed by atoms with Crippen LogP contribution >= 0.6 is 0 Å². The molecule has 1 aromatic carbocycles. The number of aliphatic hydroxyl groups is 1. The van der Waals surface area contributed by atoms with Gasteiger partial charge in [-0.3, -0.25) is 0 Å². The third-order valence-electron chi connectivity index (χ3n) is 2.15. The summed E-state index contributed by atoms with van der Waals surface area (Å²) in [5.41, 5.74) is 2.08. The van der Waals surface area contributed by atoms with E-state index in [1.54, 1.807) is 0 Å². The molecule has 0 saturated carbocycles. The molecule has 1 rings (SSSR count). The first kappa shape index (κ1) is 12.2. The molecule has 0 aromatic heterocycles. The summed E-state index contributed by atoms with van der Waals surface area (Å²) in [4.78, 5) is 0. The maximum Gasteiger partial charge on any atom is 0.0717 e. The first-order valence-corrected chi connectivity index (χ1v) is 5.34. The molecule has 0 aliphatic carbocycles. The minimum absolute atomic E-state index is 0.0988. The van der Waals surface area contributed by atoms with Gasteiger partial charge >= 0.3 is 0 Å². The topological polar surface area (TPSA) is 41.5 Å². The Balaban J connectivity index is 2.20. The zero-order valence-corrected chi connectivity index (χ0v) is 9.20. The van der Waals surface area contributed by atoms with Crippen molar-refractivity contribution in [1.82, 2.24) is 5.32 Å². The molecule has 0 amide bonds.